The Balaban J connectivity index is 1.59. The van der Waals surface area contributed by atoms with Crippen molar-refractivity contribution in [2.24, 2.45) is 4.99 Å². The van der Waals surface area contributed by atoms with Gasteiger partial charge in [-0.25, -0.2) is 9.98 Å². The van der Waals surface area contributed by atoms with Crippen LogP contribution in [0.15, 0.2) is 59.7 Å². The van der Waals surface area contributed by atoms with Gasteiger partial charge >= 0.3 is 0 Å². The fraction of sp³-hybridized carbons (Fsp3) is 0.190. The zero-order chi connectivity index (χ0) is 19.3. The van der Waals surface area contributed by atoms with Crippen molar-refractivity contribution in [3.63, 3.8) is 0 Å². The van der Waals surface area contributed by atoms with E-state index in [4.69, 9.17) is 21.3 Å². The number of hydrogen-bond donors (Lipinski definition) is 0. The van der Waals surface area contributed by atoms with E-state index >= 15 is 0 Å². The first kappa shape index (κ1) is 17.0. The number of aliphatic imine (C=N–C) groups is 1. The second-order valence-corrected chi connectivity index (χ2v) is 7.28. The van der Waals surface area contributed by atoms with Crippen LogP contribution in [0.4, 0.5) is 5.69 Å². The average molecular weight is 393 g/mol. The standard InChI is InChI=1S/C21H17ClN4O2/c1-25-17-9-14(22)7-8-15(17)20-23-10-18(26(20)11-19(25)27)21-24-16(12-28-21)13-5-3-2-4-6-13/h2-10,16H,11-12H2,1H3. The molecule has 0 spiro atoms. The first-order valence-electron chi connectivity index (χ1n) is 9.00. The maximum atomic E-state index is 12.8. The molecule has 0 bridgehead atoms. The van der Waals surface area contributed by atoms with Crippen molar-refractivity contribution in [1.82, 2.24) is 9.55 Å². The lowest BCUT2D eigenvalue weighted by Gasteiger charge is -2.17. The molecule has 0 fully saturated rings. The van der Waals surface area contributed by atoms with Crippen molar-refractivity contribution < 1.29 is 9.53 Å². The fourth-order valence-corrected chi connectivity index (χ4v) is 3.79. The molecule has 6 nitrogen and oxygen atoms in total. The lowest BCUT2D eigenvalue weighted by molar-refractivity contribution is -0.118. The van der Waals surface area contributed by atoms with Gasteiger partial charge in [0.25, 0.3) is 0 Å². The number of imidazole rings is 1. The predicted molar refractivity (Wildman–Crippen MR) is 108 cm³/mol. The number of rotatable bonds is 2. The van der Waals surface area contributed by atoms with Crippen LogP contribution in [0.3, 0.4) is 0 Å². The molecule has 7 heteroatoms. The number of fused-ring (bicyclic) bond motifs is 3. The Labute approximate surface area is 167 Å². The van der Waals surface area contributed by atoms with Crippen LogP contribution < -0.4 is 4.90 Å². The molecule has 140 valence electrons. The molecular weight excluding hydrogens is 376 g/mol. The first-order valence-corrected chi connectivity index (χ1v) is 9.37. The molecule has 0 saturated heterocycles. The molecule has 0 radical (unpaired) electrons. The summed E-state index contributed by atoms with van der Waals surface area (Å²) in [5.41, 5.74) is 3.40. The van der Waals surface area contributed by atoms with Crippen LogP contribution in [0.25, 0.3) is 11.4 Å². The third-order valence-electron chi connectivity index (χ3n) is 5.14. The Morgan fingerprint density at radius 2 is 2.00 bits per heavy atom. The van der Waals surface area contributed by atoms with Gasteiger partial charge in [0.05, 0.1) is 11.9 Å². The van der Waals surface area contributed by atoms with E-state index in [-0.39, 0.29) is 18.5 Å². The summed E-state index contributed by atoms with van der Waals surface area (Å²) in [6.07, 6.45) is 1.72. The minimum absolute atomic E-state index is 0.0558. The number of aromatic nitrogens is 2. The van der Waals surface area contributed by atoms with Crippen molar-refractivity contribution in [2.45, 2.75) is 12.6 Å². The molecule has 1 aromatic heterocycles. The van der Waals surface area contributed by atoms with Crippen LogP contribution in [0.1, 0.15) is 17.3 Å². The highest BCUT2D eigenvalue weighted by Gasteiger charge is 2.30. The lowest BCUT2D eigenvalue weighted by Crippen LogP contribution is -2.29. The van der Waals surface area contributed by atoms with Gasteiger partial charge in [-0.3, -0.25) is 4.79 Å². The maximum Gasteiger partial charge on any atom is 0.246 e. The second-order valence-electron chi connectivity index (χ2n) is 6.84. The molecule has 2 aromatic carbocycles. The molecule has 2 aliphatic rings. The molecule has 1 atom stereocenters. The molecule has 2 aliphatic heterocycles. The number of halogens is 1. The molecular formula is C21H17ClN4O2. The van der Waals surface area contributed by atoms with Crippen molar-refractivity contribution in [3.05, 3.63) is 71.0 Å². The van der Waals surface area contributed by atoms with Gasteiger partial charge in [0.2, 0.25) is 11.8 Å². The largest absolute Gasteiger partial charge is 0.474 e. The Kier molecular flexibility index (Phi) is 3.94. The molecule has 0 N–H and O–H groups in total. The number of hydrogen-bond acceptors (Lipinski definition) is 4. The number of carbonyl (C=O) groups is 1. The molecule has 1 amide bonds. The van der Waals surface area contributed by atoms with Gasteiger partial charge < -0.3 is 14.2 Å². The van der Waals surface area contributed by atoms with Gasteiger partial charge in [-0.2, -0.15) is 0 Å². The Morgan fingerprint density at radius 3 is 2.82 bits per heavy atom. The van der Waals surface area contributed by atoms with E-state index in [1.807, 2.05) is 41.0 Å². The van der Waals surface area contributed by atoms with Crippen molar-refractivity contribution in [1.29, 1.82) is 0 Å². The normalized spacial score (nSPS) is 18.2. The van der Waals surface area contributed by atoms with Crippen LogP contribution in [-0.4, -0.2) is 35.0 Å². The van der Waals surface area contributed by atoms with Gasteiger partial charge in [0.1, 0.15) is 30.7 Å². The third-order valence-corrected chi connectivity index (χ3v) is 5.37. The molecule has 0 saturated carbocycles. The number of nitrogens with zero attached hydrogens (tertiary/aromatic N) is 4. The maximum absolute atomic E-state index is 12.8. The topological polar surface area (TPSA) is 59.7 Å². The summed E-state index contributed by atoms with van der Waals surface area (Å²) in [5.74, 6) is 1.16. The number of ether oxygens (including phenoxy) is 1. The smallest absolute Gasteiger partial charge is 0.246 e. The monoisotopic (exact) mass is 392 g/mol. The summed E-state index contributed by atoms with van der Waals surface area (Å²) in [6, 6.07) is 15.5. The minimum Gasteiger partial charge on any atom is -0.474 e. The zero-order valence-electron chi connectivity index (χ0n) is 15.2. The SMILES string of the molecule is CN1C(=O)Cn2c(C3=NC(c4ccccc4)CO3)cnc2-c2ccc(Cl)cc21. The summed E-state index contributed by atoms with van der Waals surface area (Å²) in [4.78, 5) is 23.7. The summed E-state index contributed by atoms with van der Waals surface area (Å²) >= 11 is 6.15. The number of carbonyl (C=O) groups excluding carboxylic acids is 1. The van der Waals surface area contributed by atoms with Crippen LogP contribution in [0.5, 0.6) is 0 Å². The number of amides is 1. The van der Waals surface area contributed by atoms with Gasteiger partial charge in [0.15, 0.2) is 0 Å². The number of likely N-dealkylation sites (N-methyl/N-ethyl adjacent to an activating group) is 1. The van der Waals surface area contributed by atoms with E-state index in [1.165, 1.54) is 0 Å². The molecule has 3 heterocycles. The van der Waals surface area contributed by atoms with Gasteiger partial charge in [-0.15, -0.1) is 0 Å². The van der Waals surface area contributed by atoms with E-state index in [1.54, 1.807) is 30.3 Å². The van der Waals surface area contributed by atoms with E-state index < -0.39 is 0 Å². The summed E-state index contributed by atoms with van der Waals surface area (Å²) in [5, 5.41) is 0.577. The van der Waals surface area contributed by atoms with Gasteiger partial charge in [0, 0.05) is 17.6 Å². The molecule has 1 unspecified atom stereocenters. The molecule has 28 heavy (non-hydrogen) atoms. The fourth-order valence-electron chi connectivity index (χ4n) is 3.63. The minimum atomic E-state index is -0.0578. The third kappa shape index (κ3) is 2.68. The molecule has 3 aromatic rings. The van der Waals surface area contributed by atoms with Crippen molar-refractivity contribution >= 4 is 29.1 Å². The highest BCUT2D eigenvalue weighted by Crippen LogP contribution is 2.36. The molecule has 0 aliphatic carbocycles. The Morgan fingerprint density at radius 1 is 1.18 bits per heavy atom. The zero-order valence-corrected chi connectivity index (χ0v) is 15.9. The van der Waals surface area contributed by atoms with Crippen molar-refractivity contribution in [3.8, 4) is 11.4 Å². The highest BCUT2D eigenvalue weighted by atomic mass is 35.5. The average Bonchev–Trinajstić information content (AvgIpc) is 3.33. The Hall–Kier alpha value is -3.12. The predicted octanol–water partition coefficient (Wildman–Crippen LogP) is 3.70. The Bertz CT molecular complexity index is 1110. The van der Waals surface area contributed by atoms with E-state index in [2.05, 4.69) is 4.98 Å². The van der Waals surface area contributed by atoms with Gasteiger partial charge in [-0.05, 0) is 23.8 Å². The van der Waals surface area contributed by atoms with Crippen molar-refractivity contribution in [2.75, 3.05) is 18.6 Å². The summed E-state index contributed by atoms with van der Waals surface area (Å²) < 4.78 is 7.75. The highest BCUT2D eigenvalue weighted by molar-refractivity contribution is 6.31. The lowest BCUT2D eigenvalue weighted by atomic mass is 10.1. The molecule has 5 rings (SSSR count). The van der Waals surface area contributed by atoms with E-state index in [0.717, 1.165) is 16.8 Å². The van der Waals surface area contributed by atoms with E-state index in [9.17, 15) is 4.79 Å². The second kappa shape index (κ2) is 6.49. The van der Waals surface area contributed by atoms with Crippen LogP contribution in [0, 0.1) is 0 Å². The van der Waals surface area contributed by atoms with Crippen LogP contribution in [-0.2, 0) is 16.1 Å². The van der Waals surface area contributed by atoms with E-state index in [0.29, 0.717) is 29.0 Å². The quantitative estimate of drug-likeness (QED) is 0.668. The van der Waals surface area contributed by atoms with Crippen LogP contribution in [0.2, 0.25) is 5.02 Å². The van der Waals surface area contributed by atoms with Crippen LogP contribution >= 0.6 is 11.6 Å². The first-order chi connectivity index (χ1) is 13.6. The summed E-state index contributed by atoms with van der Waals surface area (Å²) in [7, 11) is 1.75. The summed E-state index contributed by atoms with van der Waals surface area (Å²) in [6.45, 7) is 0.631. The van der Waals surface area contributed by atoms with Gasteiger partial charge in [-0.1, -0.05) is 41.9 Å². The number of anilines is 1. The number of benzene rings is 2.